The molecule has 0 spiro atoms. The van der Waals surface area contributed by atoms with Crippen molar-refractivity contribution in [2.45, 2.75) is 58.2 Å². The molecule has 0 amide bonds. The topological polar surface area (TPSA) is 66.2 Å². The second kappa shape index (κ2) is 12.3. The molecule has 0 saturated carbocycles. The van der Waals surface area contributed by atoms with Crippen molar-refractivity contribution in [2.24, 2.45) is 0 Å². The number of benzene rings is 2. The van der Waals surface area contributed by atoms with E-state index in [0.717, 1.165) is 42.6 Å². The zero-order valence-corrected chi connectivity index (χ0v) is 20.4. The zero-order chi connectivity index (χ0) is 22.4. The minimum Gasteiger partial charge on any atom is -0.393 e. The fraction of sp³-hybridized carbons (Fsp3) is 0.360. The summed E-state index contributed by atoms with van der Waals surface area (Å²) in [5, 5.41) is 17.1. The molecule has 1 aliphatic carbocycles. The SMILES string of the molecule is CC(O)CC(C)O.Fc1c[c-]c(-c2nc3c(nc2-c2ccc(F)cc2)CCCC3)cc1.[Pt]. The number of aromatic nitrogens is 2. The van der Waals surface area contributed by atoms with Crippen LogP contribution in [0.25, 0.3) is 22.5 Å². The maximum Gasteiger partial charge on any atom is 0.123 e. The summed E-state index contributed by atoms with van der Waals surface area (Å²) in [7, 11) is 0. The largest absolute Gasteiger partial charge is 0.393 e. The van der Waals surface area contributed by atoms with Gasteiger partial charge in [0.25, 0.3) is 0 Å². The monoisotopic (exact) mass is 620 g/mol. The van der Waals surface area contributed by atoms with Crippen molar-refractivity contribution in [3.63, 3.8) is 0 Å². The maximum absolute atomic E-state index is 13.3. The quantitative estimate of drug-likeness (QED) is 0.408. The molecule has 1 aromatic heterocycles. The predicted octanol–water partition coefficient (Wildman–Crippen LogP) is 4.90. The summed E-state index contributed by atoms with van der Waals surface area (Å²) < 4.78 is 26.5. The first-order valence-electron chi connectivity index (χ1n) is 10.5. The molecule has 3 aromatic rings. The molecular formula is C25H27F2N2O2Pt-. The Balaban J connectivity index is 0.000000398. The van der Waals surface area contributed by atoms with Gasteiger partial charge >= 0.3 is 0 Å². The fourth-order valence-electron chi connectivity index (χ4n) is 3.53. The molecule has 32 heavy (non-hydrogen) atoms. The summed E-state index contributed by atoms with van der Waals surface area (Å²) in [5.41, 5.74) is 4.86. The van der Waals surface area contributed by atoms with E-state index in [1.54, 1.807) is 32.0 Å². The fourth-order valence-corrected chi connectivity index (χ4v) is 3.53. The van der Waals surface area contributed by atoms with Gasteiger partial charge in [-0.3, -0.25) is 14.4 Å². The molecule has 4 nitrogen and oxygen atoms in total. The van der Waals surface area contributed by atoms with Gasteiger partial charge in [0.2, 0.25) is 0 Å². The summed E-state index contributed by atoms with van der Waals surface area (Å²) in [5.74, 6) is -0.632. The molecule has 7 heteroatoms. The van der Waals surface area contributed by atoms with Crippen LogP contribution in [0.5, 0.6) is 0 Å². The molecular weight excluding hydrogens is 593 g/mol. The average Bonchev–Trinajstić information content (AvgIpc) is 2.73. The van der Waals surface area contributed by atoms with E-state index < -0.39 is 0 Å². The molecule has 0 saturated heterocycles. The standard InChI is InChI=1S/C20H15F2N2.C5H12O2.Pt/c21-15-9-5-13(6-10-15)19-20(14-7-11-16(22)12-8-14)24-18-4-2-1-3-17(18)23-19;1-4(6)3-5(2)7;/h5-7,9-12H,1-4H2;4-7H,3H2,1-2H3;/q-1;;. The van der Waals surface area contributed by atoms with Crippen molar-refractivity contribution in [1.82, 2.24) is 9.97 Å². The molecule has 4 rings (SSSR count). The first kappa shape index (κ1) is 26.2. The van der Waals surface area contributed by atoms with Crippen LogP contribution in [0, 0.1) is 17.7 Å². The van der Waals surface area contributed by atoms with Crippen molar-refractivity contribution in [3.05, 3.63) is 71.6 Å². The van der Waals surface area contributed by atoms with E-state index in [1.165, 1.54) is 24.3 Å². The molecule has 2 unspecified atom stereocenters. The van der Waals surface area contributed by atoms with Crippen LogP contribution in [0.2, 0.25) is 0 Å². The third kappa shape index (κ3) is 7.26. The molecule has 1 heterocycles. The van der Waals surface area contributed by atoms with E-state index in [1.807, 2.05) is 0 Å². The van der Waals surface area contributed by atoms with E-state index in [9.17, 15) is 8.78 Å². The Labute approximate surface area is 202 Å². The number of hydrogen-bond acceptors (Lipinski definition) is 4. The van der Waals surface area contributed by atoms with Gasteiger partial charge in [0.1, 0.15) is 5.82 Å². The van der Waals surface area contributed by atoms with Gasteiger partial charge in [-0.1, -0.05) is 12.1 Å². The number of halogens is 2. The van der Waals surface area contributed by atoms with Gasteiger partial charge in [0.05, 0.1) is 29.3 Å². The number of fused-ring (bicyclic) bond motifs is 1. The minimum absolute atomic E-state index is 0. The Morgan fingerprint density at radius 1 is 0.844 bits per heavy atom. The van der Waals surface area contributed by atoms with Gasteiger partial charge in [-0.25, -0.2) is 4.39 Å². The number of aryl methyl sites for hydroxylation is 2. The predicted molar refractivity (Wildman–Crippen MR) is 116 cm³/mol. The molecule has 2 N–H and O–H groups in total. The number of rotatable bonds is 4. The van der Waals surface area contributed by atoms with Crippen molar-refractivity contribution >= 4 is 0 Å². The smallest absolute Gasteiger partial charge is 0.123 e. The third-order valence-electron chi connectivity index (χ3n) is 4.96. The Morgan fingerprint density at radius 2 is 1.38 bits per heavy atom. The second-order valence-electron chi connectivity index (χ2n) is 7.88. The Hall–Kier alpha value is -2.01. The molecule has 0 radical (unpaired) electrons. The molecule has 1 aliphatic rings. The number of hydrogen-bond donors (Lipinski definition) is 2. The van der Waals surface area contributed by atoms with Crippen LogP contribution < -0.4 is 0 Å². The summed E-state index contributed by atoms with van der Waals surface area (Å²) in [4.78, 5) is 9.62. The summed E-state index contributed by atoms with van der Waals surface area (Å²) in [6, 6.07) is 13.5. The Bertz CT molecular complexity index is 914. The van der Waals surface area contributed by atoms with E-state index >= 15 is 0 Å². The van der Waals surface area contributed by atoms with Crippen LogP contribution in [-0.4, -0.2) is 32.4 Å². The van der Waals surface area contributed by atoms with E-state index in [0.29, 0.717) is 23.4 Å². The van der Waals surface area contributed by atoms with Crippen molar-refractivity contribution in [1.29, 1.82) is 0 Å². The number of aliphatic hydroxyl groups is 2. The Morgan fingerprint density at radius 3 is 1.84 bits per heavy atom. The van der Waals surface area contributed by atoms with Crippen LogP contribution in [0.4, 0.5) is 8.78 Å². The minimum atomic E-state index is -0.375. The van der Waals surface area contributed by atoms with Crippen LogP contribution in [0.3, 0.4) is 0 Å². The van der Waals surface area contributed by atoms with Crippen LogP contribution in [0.1, 0.15) is 44.5 Å². The van der Waals surface area contributed by atoms with Gasteiger partial charge < -0.3 is 10.2 Å². The summed E-state index contributed by atoms with van der Waals surface area (Å²) in [6.07, 6.45) is 3.74. The molecule has 0 bridgehead atoms. The van der Waals surface area contributed by atoms with Gasteiger partial charge in [0.15, 0.2) is 0 Å². The number of nitrogens with zero attached hydrogens (tertiary/aromatic N) is 2. The van der Waals surface area contributed by atoms with Gasteiger partial charge in [0, 0.05) is 32.6 Å². The van der Waals surface area contributed by atoms with Crippen LogP contribution >= 0.6 is 0 Å². The van der Waals surface area contributed by atoms with Gasteiger partial charge in [-0.15, -0.1) is 29.8 Å². The van der Waals surface area contributed by atoms with E-state index in [4.69, 9.17) is 20.2 Å². The molecule has 0 fully saturated rings. The molecule has 174 valence electrons. The molecule has 2 aromatic carbocycles. The second-order valence-corrected chi connectivity index (χ2v) is 7.88. The Kier molecular flexibility index (Phi) is 10.1. The van der Waals surface area contributed by atoms with E-state index in [-0.39, 0.29) is 44.9 Å². The van der Waals surface area contributed by atoms with Gasteiger partial charge in [-0.05, 0) is 63.6 Å². The normalized spacial score (nSPS) is 14.3. The average molecular weight is 621 g/mol. The molecule has 2 atom stereocenters. The van der Waals surface area contributed by atoms with Crippen LogP contribution in [-0.2, 0) is 33.9 Å². The first-order valence-corrected chi connectivity index (χ1v) is 10.5. The van der Waals surface area contributed by atoms with Gasteiger partial charge in [-0.2, -0.15) is 0 Å². The number of aliphatic hydroxyl groups excluding tert-OH is 2. The summed E-state index contributed by atoms with van der Waals surface area (Å²) in [6.45, 7) is 3.32. The van der Waals surface area contributed by atoms with Crippen LogP contribution in [0.15, 0.2) is 42.5 Å². The van der Waals surface area contributed by atoms with Crippen molar-refractivity contribution in [2.75, 3.05) is 0 Å². The zero-order valence-electron chi connectivity index (χ0n) is 18.1. The maximum atomic E-state index is 13.3. The van der Waals surface area contributed by atoms with Crippen molar-refractivity contribution in [3.8, 4) is 22.5 Å². The first-order chi connectivity index (χ1) is 14.8. The third-order valence-corrected chi connectivity index (χ3v) is 4.96. The van der Waals surface area contributed by atoms with Crippen molar-refractivity contribution < 1.29 is 40.1 Å². The summed E-state index contributed by atoms with van der Waals surface area (Å²) >= 11 is 0. The molecule has 0 aliphatic heterocycles. The van der Waals surface area contributed by atoms with E-state index in [2.05, 4.69) is 6.07 Å².